The van der Waals surface area contributed by atoms with Crippen molar-refractivity contribution in [2.45, 2.75) is 13.0 Å². The molecule has 0 radical (unpaired) electrons. The van der Waals surface area contributed by atoms with Crippen molar-refractivity contribution in [1.29, 1.82) is 0 Å². The van der Waals surface area contributed by atoms with Gasteiger partial charge in [-0.3, -0.25) is 0 Å². The molecule has 1 unspecified atom stereocenters. The van der Waals surface area contributed by atoms with Gasteiger partial charge in [0.15, 0.2) is 0 Å². The summed E-state index contributed by atoms with van der Waals surface area (Å²) < 4.78 is 13.4. The van der Waals surface area contributed by atoms with Crippen LogP contribution in [0.15, 0.2) is 18.2 Å². The lowest BCUT2D eigenvalue weighted by Gasteiger charge is -2.35. The number of aryl methyl sites for hydroxylation is 1. The SMILES string of the molecule is Cc1ccc(F)cc1C(CN)NN1CCN(C)CC1. The Morgan fingerprint density at radius 2 is 2.00 bits per heavy atom. The highest BCUT2D eigenvalue weighted by atomic mass is 19.1. The first-order chi connectivity index (χ1) is 9.10. The van der Waals surface area contributed by atoms with E-state index in [0.29, 0.717) is 6.54 Å². The van der Waals surface area contributed by atoms with Crippen LogP contribution in [0.1, 0.15) is 17.2 Å². The molecule has 2 rings (SSSR count). The number of halogens is 1. The lowest BCUT2D eigenvalue weighted by atomic mass is 10.0. The van der Waals surface area contributed by atoms with Crippen molar-refractivity contribution in [3.8, 4) is 0 Å². The Morgan fingerprint density at radius 1 is 1.32 bits per heavy atom. The highest BCUT2D eigenvalue weighted by Crippen LogP contribution is 2.19. The molecule has 1 heterocycles. The fourth-order valence-electron chi connectivity index (χ4n) is 2.39. The van der Waals surface area contributed by atoms with Crippen LogP contribution in [0.2, 0.25) is 0 Å². The summed E-state index contributed by atoms with van der Waals surface area (Å²) in [6, 6.07) is 4.84. The Balaban J connectivity index is 2.05. The maximum absolute atomic E-state index is 13.4. The maximum atomic E-state index is 13.4. The summed E-state index contributed by atoms with van der Waals surface area (Å²) in [4.78, 5) is 2.29. The molecular weight excluding hydrogens is 243 g/mol. The van der Waals surface area contributed by atoms with E-state index in [1.807, 2.05) is 6.92 Å². The predicted molar refractivity (Wildman–Crippen MR) is 75.1 cm³/mol. The number of rotatable bonds is 4. The summed E-state index contributed by atoms with van der Waals surface area (Å²) in [5, 5.41) is 2.18. The van der Waals surface area contributed by atoms with Crippen molar-refractivity contribution in [2.75, 3.05) is 39.8 Å². The Kier molecular flexibility index (Phi) is 4.87. The third-order valence-corrected chi connectivity index (χ3v) is 3.69. The van der Waals surface area contributed by atoms with Crippen molar-refractivity contribution in [3.63, 3.8) is 0 Å². The molecule has 1 aliphatic heterocycles. The van der Waals surface area contributed by atoms with Crippen molar-refractivity contribution >= 4 is 0 Å². The van der Waals surface area contributed by atoms with Crippen molar-refractivity contribution < 1.29 is 4.39 Å². The summed E-state index contributed by atoms with van der Waals surface area (Å²) >= 11 is 0. The average Bonchev–Trinajstić information content (AvgIpc) is 2.41. The van der Waals surface area contributed by atoms with E-state index in [-0.39, 0.29) is 11.9 Å². The highest BCUT2D eigenvalue weighted by Gasteiger charge is 2.19. The molecule has 106 valence electrons. The largest absolute Gasteiger partial charge is 0.329 e. The second-order valence-corrected chi connectivity index (χ2v) is 5.21. The number of hydrogen-bond acceptors (Lipinski definition) is 4. The van der Waals surface area contributed by atoms with Crippen LogP contribution < -0.4 is 11.2 Å². The molecule has 0 aromatic heterocycles. The Labute approximate surface area is 114 Å². The second-order valence-electron chi connectivity index (χ2n) is 5.21. The first kappa shape index (κ1) is 14.4. The number of hydrazine groups is 1. The molecule has 0 spiro atoms. The van der Waals surface area contributed by atoms with Crippen LogP contribution in [-0.4, -0.2) is 49.7 Å². The van der Waals surface area contributed by atoms with Gasteiger partial charge in [0.1, 0.15) is 5.82 Å². The predicted octanol–water partition coefficient (Wildman–Crippen LogP) is 0.886. The zero-order valence-electron chi connectivity index (χ0n) is 11.7. The van der Waals surface area contributed by atoms with Crippen LogP contribution in [0.3, 0.4) is 0 Å². The number of nitrogens with zero attached hydrogens (tertiary/aromatic N) is 2. The summed E-state index contributed by atoms with van der Waals surface area (Å²) in [7, 11) is 2.12. The number of nitrogens with one attached hydrogen (secondary N) is 1. The molecule has 1 fully saturated rings. The molecule has 3 N–H and O–H groups in total. The molecule has 19 heavy (non-hydrogen) atoms. The van der Waals surface area contributed by atoms with E-state index in [0.717, 1.165) is 37.3 Å². The smallest absolute Gasteiger partial charge is 0.123 e. The number of benzene rings is 1. The monoisotopic (exact) mass is 266 g/mol. The van der Waals surface area contributed by atoms with E-state index >= 15 is 0 Å². The molecule has 0 bridgehead atoms. The fraction of sp³-hybridized carbons (Fsp3) is 0.571. The Morgan fingerprint density at radius 3 is 2.63 bits per heavy atom. The summed E-state index contributed by atoms with van der Waals surface area (Å²) in [6.45, 7) is 6.43. The van der Waals surface area contributed by atoms with Crippen LogP contribution in [-0.2, 0) is 0 Å². The van der Waals surface area contributed by atoms with Gasteiger partial charge >= 0.3 is 0 Å². The Hall–Kier alpha value is -1.01. The summed E-state index contributed by atoms with van der Waals surface area (Å²) in [6.07, 6.45) is 0. The van der Waals surface area contributed by atoms with Crippen LogP contribution in [0.4, 0.5) is 4.39 Å². The molecule has 5 heteroatoms. The molecule has 1 atom stereocenters. The quantitative estimate of drug-likeness (QED) is 0.849. The van der Waals surface area contributed by atoms with E-state index in [2.05, 4.69) is 22.4 Å². The molecule has 0 amide bonds. The zero-order valence-corrected chi connectivity index (χ0v) is 11.7. The van der Waals surface area contributed by atoms with Crippen LogP contribution in [0.25, 0.3) is 0 Å². The Bertz CT molecular complexity index is 416. The lowest BCUT2D eigenvalue weighted by Crippen LogP contribution is -2.52. The number of likely N-dealkylation sites (N-methyl/N-ethyl adjacent to an activating group) is 1. The van der Waals surface area contributed by atoms with Gasteiger partial charge in [-0.15, -0.1) is 0 Å². The fourth-order valence-corrected chi connectivity index (χ4v) is 2.39. The van der Waals surface area contributed by atoms with Gasteiger partial charge in [-0.2, -0.15) is 0 Å². The first-order valence-corrected chi connectivity index (χ1v) is 6.76. The minimum absolute atomic E-state index is 0.0286. The minimum atomic E-state index is -0.209. The topological polar surface area (TPSA) is 44.5 Å². The minimum Gasteiger partial charge on any atom is -0.329 e. The van der Waals surface area contributed by atoms with Crippen molar-refractivity contribution in [2.24, 2.45) is 5.73 Å². The first-order valence-electron chi connectivity index (χ1n) is 6.76. The molecule has 1 aliphatic rings. The normalized spacial score (nSPS) is 19.6. The van der Waals surface area contributed by atoms with Gasteiger partial charge < -0.3 is 10.6 Å². The van der Waals surface area contributed by atoms with Gasteiger partial charge in [0, 0.05) is 32.7 Å². The number of hydrogen-bond donors (Lipinski definition) is 2. The molecule has 4 nitrogen and oxygen atoms in total. The third-order valence-electron chi connectivity index (χ3n) is 3.69. The summed E-state index contributed by atoms with van der Waals surface area (Å²) in [5.41, 5.74) is 11.3. The van der Waals surface area contributed by atoms with E-state index < -0.39 is 0 Å². The van der Waals surface area contributed by atoms with Gasteiger partial charge in [0.2, 0.25) is 0 Å². The molecule has 1 saturated heterocycles. The van der Waals surface area contributed by atoms with Crippen molar-refractivity contribution in [1.82, 2.24) is 15.3 Å². The average molecular weight is 266 g/mol. The van der Waals surface area contributed by atoms with Gasteiger partial charge in [-0.25, -0.2) is 14.8 Å². The molecule has 1 aromatic rings. The lowest BCUT2D eigenvalue weighted by molar-refractivity contribution is 0.0878. The summed E-state index contributed by atoms with van der Waals surface area (Å²) in [5.74, 6) is -0.209. The zero-order chi connectivity index (χ0) is 13.8. The van der Waals surface area contributed by atoms with Gasteiger partial charge in [0.05, 0.1) is 6.04 Å². The highest BCUT2D eigenvalue weighted by molar-refractivity contribution is 5.29. The van der Waals surface area contributed by atoms with E-state index in [1.165, 1.54) is 6.07 Å². The molecule has 1 aromatic carbocycles. The van der Waals surface area contributed by atoms with Crippen LogP contribution >= 0.6 is 0 Å². The van der Waals surface area contributed by atoms with Gasteiger partial charge in [0.25, 0.3) is 0 Å². The molecular formula is C14H23FN4. The maximum Gasteiger partial charge on any atom is 0.123 e. The number of piperazine rings is 1. The standard InChI is InChI=1S/C14H23FN4/c1-11-3-4-12(15)9-13(11)14(10-16)17-19-7-5-18(2)6-8-19/h3-4,9,14,17H,5-8,10,16H2,1-2H3. The molecule has 0 saturated carbocycles. The van der Waals surface area contributed by atoms with Crippen LogP contribution in [0, 0.1) is 12.7 Å². The molecule has 0 aliphatic carbocycles. The number of nitrogens with two attached hydrogens (primary N) is 1. The van der Waals surface area contributed by atoms with Crippen LogP contribution in [0.5, 0.6) is 0 Å². The van der Waals surface area contributed by atoms with E-state index in [9.17, 15) is 4.39 Å². The van der Waals surface area contributed by atoms with E-state index in [1.54, 1.807) is 12.1 Å². The van der Waals surface area contributed by atoms with Gasteiger partial charge in [-0.1, -0.05) is 6.07 Å². The van der Waals surface area contributed by atoms with E-state index in [4.69, 9.17) is 5.73 Å². The van der Waals surface area contributed by atoms with Crippen molar-refractivity contribution in [3.05, 3.63) is 35.1 Å². The van der Waals surface area contributed by atoms with Gasteiger partial charge in [-0.05, 0) is 37.2 Å². The third kappa shape index (κ3) is 3.73. The second kappa shape index (κ2) is 6.43.